The van der Waals surface area contributed by atoms with Crippen LogP contribution >= 0.6 is 0 Å². The van der Waals surface area contributed by atoms with Gasteiger partial charge in [0.25, 0.3) is 0 Å². The minimum Gasteiger partial charge on any atom is -0.378 e. The van der Waals surface area contributed by atoms with Crippen molar-refractivity contribution in [2.24, 2.45) is 5.92 Å². The third-order valence-electron chi connectivity index (χ3n) is 4.78. The predicted octanol–water partition coefficient (Wildman–Crippen LogP) is 1.63. The standard InChI is InChI=1S/C14H26N2O/c1-14(12-4-5-12)11-16(9-7-15-14)8-6-13-3-2-10-17-13/h12-13,15H,2-11H2,1H3. The highest BCUT2D eigenvalue weighted by atomic mass is 16.5. The normalized spacial score (nSPS) is 39.7. The van der Waals surface area contributed by atoms with Crippen molar-refractivity contribution in [3.63, 3.8) is 0 Å². The third kappa shape index (κ3) is 2.83. The molecule has 3 nitrogen and oxygen atoms in total. The van der Waals surface area contributed by atoms with Crippen LogP contribution < -0.4 is 5.32 Å². The average Bonchev–Trinajstić information content (AvgIpc) is 3.06. The summed E-state index contributed by atoms with van der Waals surface area (Å²) in [7, 11) is 0. The van der Waals surface area contributed by atoms with Crippen LogP contribution in [0.5, 0.6) is 0 Å². The summed E-state index contributed by atoms with van der Waals surface area (Å²) in [6, 6.07) is 0. The smallest absolute Gasteiger partial charge is 0.0588 e. The van der Waals surface area contributed by atoms with Gasteiger partial charge in [-0.2, -0.15) is 0 Å². The molecule has 0 spiro atoms. The fourth-order valence-electron chi connectivity index (χ4n) is 3.48. The number of hydrogen-bond donors (Lipinski definition) is 1. The largest absolute Gasteiger partial charge is 0.378 e. The van der Waals surface area contributed by atoms with E-state index in [-0.39, 0.29) is 0 Å². The van der Waals surface area contributed by atoms with Gasteiger partial charge in [-0.15, -0.1) is 0 Å². The van der Waals surface area contributed by atoms with Crippen LogP contribution in [0.3, 0.4) is 0 Å². The van der Waals surface area contributed by atoms with E-state index in [4.69, 9.17) is 4.74 Å². The molecular weight excluding hydrogens is 212 g/mol. The van der Waals surface area contributed by atoms with Crippen LogP contribution in [0, 0.1) is 5.92 Å². The van der Waals surface area contributed by atoms with Gasteiger partial charge in [-0.25, -0.2) is 0 Å². The summed E-state index contributed by atoms with van der Waals surface area (Å²) in [6.07, 6.45) is 7.21. The van der Waals surface area contributed by atoms with Crippen molar-refractivity contribution in [2.45, 2.75) is 50.7 Å². The lowest BCUT2D eigenvalue weighted by Crippen LogP contribution is -2.60. The van der Waals surface area contributed by atoms with Crippen LogP contribution in [0.2, 0.25) is 0 Å². The van der Waals surface area contributed by atoms with Crippen LogP contribution in [-0.2, 0) is 4.74 Å². The van der Waals surface area contributed by atoms with Crippen LogP contribution in [0.4, 0.5) is 0 Å². The molecule has 3 fully saturated rings. The van der Waals surface area contributed by atoms with Gasteiger partial charge in [0, 0.05) is 38.3 Å². The van der Waals surface area contributed by atoms with E-state index in [1.54, 1.807) is 0 Å². The van der Waals surface area contributed by atoms with Crippen LogP contribution in [0.25, 0.3) is 0 Å². The molecule has 0 aromatic carbocycles. The molecule has 1 saturated carbocycles. The van der Waals surface area contributed by atoms with Gasteiger partial charge in [-0.3, -0.25) is 0 Å². The molecule has 3 aliphatic rings. The highest BCUT2D eigenvalue weighted by Crippen LogP contribution is 2.40. The van der Waals surface area contributed by atoms with Gasteiger partial charge in [0.15, 0.2) is 0 Å². The predicted molar refractivity (Wildman–Crippen MR) is 69.2 cm³/mol. The molecule has 0 amide bonds. The van der Waals surface area contributed by atoms with Gasteiger partial charge in [0.05, 0.1) is 6.10 Å². The first-order valence-electron chi connectivity index (χ1n) is 7.35. The van der Waals surface area contributed by atoms with E-state index in [1.807, 2.05) is 0 Å². The van der Waals surface area contributed by atoms with Crippen LogP contribution in [0.1, 0.15) is 39.0 Å². The molecule has 0 aromatic heterocycles. The van der Waals surface area contributed by atoms with E-state index >= 15 is 0 Å². The van der Waals surface area contributed by atoms with Crippen molar-refractivity contribution in [2.75, 3.05) is 32.8 Å². The summed E-state index contributed by atoms with van der Waals surface area (Å²) in [6.45, 7) is 8.27. The van der Waals surface area contributed by atoms with Gasteiger partial charge in [-0.1, -0.05) is 0 Å². The Bertz CT molecular complexity index is 261. The number of nitrogens with one attached hydrogen (secondary N) is 1. The molecule has 17 heavy (non-hydrogen) atoms. The number of rotatable bonds is 4. The molecule has 2 unspecified atom stereocenters. The van der Waals surface area contributed by atoms with Crippen molar-refractivity contribution >= 4 is 0 Å². The highest BCUT2D eigenvalue weighted by molar-refractivity contribution is 5.02. The second-order valence-corrected chi connectivity index (χ2v) is 6.32. The summed E-state index contributed by atoms with van der Waals surface area (Å²) >= 11 is 0. The number of nitrogens with zero attached hydrogens (tertiary/aromatic N) is 1. The zero-order chi connectivity index (χ0) is 11.7. The topological polar surface area (TPSA) is 24.5 Å². The Morgan fingerprint density at radius 1 is 1.35 bits per heavy atom. The van der Waals surface area contributed by atoms with Crippen molar-refractivity contribution < 1.29 is 4.74 Å². The van der Waals surface area contributed by atoms with Crippen molar-refractivity contribution in [1.29, 1.82) is 0 Å². The molecule has 2 saturated heterocycles. The molecule has 3 heteroatoms. The molecule has 1 N–H and O–H groups in total. The number of ether oxygens (including phenoxy) is 1. The minimum atomic E-state index is 0.398. The van der Waals surface area contributed by atoms with Gasteiger partial charge in [0.1, 0.15) is 0 Å². The Morgan fingerprint density at radius 3 is 2.94 bits per heavy atom. The molecule has 2 aliphatic heterocycles. The third-order valence-corrected chi connectivity index (χ3v) is 4.78. The average molecular weight is 238 g/mol. The first-order valence-corrected chi connectivity index (χ1v) is 7.35. The summed E-state index contributed by atoms with van der Waals surface area (Å²) < 4.78 is 5.71. The maximum absolute atomic E-state index is 5.71. The fraction of sp³-hybridized carbons (Fsp3) is 1.00. The lowest BCUT2D eigenvalue weighted by atomic mass is 9.93. The Hall–Kier alpha value is -0.120. The summed E-state index contributed by atoms with van der Waals surface area (Å²) in [4.78, 5) is 2.65. The zero-order valence-electron chi connectivity index (χ0n) is 11.1. The van der Waals surface area contributed by atoms with E-state index in [9.17, 15) is 0 Å². The first-order chi connectivity index (χ1) is 8.26. The second-order valence-electron chi connectivity index (χ2n) is 6.32. The monoisotopic (exact) mass is 238 g/mol. The molecule has 3 rings (SSSR count). The second kappa shape index (κ2) is 4.87. The lowest BCUT2D eigenvalue weighted by molar-refractivity contribution is 0.0743. The molecule has 2 heterocycles. The molecule has 1 aliphatic carbocycles. The van der Waals surface area contributed by atoms with E-state index in [0.29, 0.717) is 11.6 Å². The first kappa shape index (κ1) is 11.9. The Labute approximate surface area is 105 Å². The van der Waals surface area contributed by atoms with Gasteiger partial charge in [0.2, 0.25) is 0 Å². The van der Waals surface area contributed by atoms with E-state index in [2.05, 4.69) is 17.1 Å². The van der Waals surface area contributed by atoms with E-state index < -0.39 is 0 Å². The Morgan fingerprint density at radius 2 is 2.24 bits per heavy atom. The van der Waals surface area contributed by atoms with Gasteiger partial charge < -0.3 is 15.0 Å². The van der Waals surface area contributed by atoms with Crippen molar-refractivity contribution in [1.82, 2.24) is 10.2 Å². The molecule has 98 valence electrons. The molecule has 0 bridgehead atoms. The number of hydrogen-bond acceptors (Lipinski definition) is 3. The van der Waals surface area contributed by atoms with Gasteiger partial charge >= 0.3 is 0 Å². The van der Waals surface area contributed by atoms with Crippen molar-refractivity contribution in [3.8, 4) is 0 Å². The van der Waals surface area contributed by atoms with Crippen LogP contribution in [-0.4, -0.2) is 49.3 Å². The maximum atomic E-state index is 5.71. The van der Waals surface area contributed by atoms with Crippen LogP contribution in [0.15, 0.2) is 0 Å². The molecular formula is C14H26N2O. The number of piperazine rings is 1. The summed E-state index contributed by atoms with van der Waals surface area (Å²) in [5, 5.41) is 3.74. The highest BCUT2D eigenvalue weighted by Gasteiger charge is 2.43. The van der Waals surface area contributed by atoms with E-state index in [0.717, 1.165) is 12.5 Å². The van der Waals surface area contributed by atoms with Crippen molar-refractivity contribution in [3.05, 3.63) is 0 Å². The lowest BCUT2D eigenvalue weighted by Gasteiger charge is -2.42. The van der Waals surface area contributed by atoms with E-state index in [1.165, 1.54) is 58.3 Å². The molecule has 0 radical (unpaired) electrons. The maximum Gasteiger partial charge on any atom is 0.0588 e. The Kier molecular flexibility index (Phi) is 3.42. The quantitative estimate of drug-likeness (QED) is 0.805. The fourth-order valence-corrected chi connectivity index (χ4v) is 3.48. The molecule has 2 atom stereocenters. The summed E-state index contributed by atoms with van der Waals surface area (Å²) in [5.74, 6) is 0.938. The molecule has 0 aromatic rings. The SMILES string of the molecule is CC1(C2CC2)CN(CCC2CCCO2)CCN1. The summed E-state index contributed by atoms with van der Waals surface area (Å²) in [5.41, 5.74) is 0.398. The zero-order valence-corrected chi connectivity index (χ0v) is 11.1. The van der Waals surface area contributed by atoms with Gasteiger partial charge in [-0.05, 0) is 44.9 Å². The Balaban J connectivity index is 1.46. The minimum absolute atomic E-state index is 0.398.